The zero-order valence-corrected chi connectivity index (χ0v) is 12.3. The van der Waals surface area contributed by atoms with Crippen LogP contribution < -0.4 is 5.32 Å². The molecule has 2 saturated carbocycles. The Balaban J connectivity index is 1.65. The van der Waals surface area contributed by atoms with E-state index >= 15 is 0 Å². The van der Waals surface area contributed by atoms with Gasteiger partial charge >= 0.3 is 0 Å². The lowest BCUT2D eigenvalue weighted by atomic mass is 9.89. The fraction of sp³-hybridized carbons (Fsp3) is 0.571. The minimum absolute atomic E-state index is 0.507. The first kappa shape index (κ1) is 12.9. The predicted molar refractivity (Wildman–Crippen MR) is 78.9 cm³/mol. The topological polar surface area (TPSA) is 12.0 Å². The van der Waals surface area contributed by atoms with E-state index in [0.29, 0.717) is 15.1 Å². The maximum atomic E-state index is 6.16. The van der Waals surface area contributed by atoms with Gasteiger partial charge in [0.05, 0.1) is 20.8 Å². The average Bonchev–Trinajstić information content (AvgIpc) is 2.94. The number of benzene rings is 1. The first-order chi connectivity index (χ1) is 8.63. The fourth-order valence-corrected chi connectivity index (χ4v) is 4.14. The maximum Gasteiger partial charge on any atom is 0.0653 e. The number of halogens is 3. The van der Waals surface area contributed by atoms with Gasteiger partial charge in [-0.1, -0.05) is 41.2 Å². The minimum Gasteiger partial charge on any atom is -0.384 e. The number of hydrogen-bond donors (Lipinski definition) is 1. The van der Waals surface area contributed by atoms with E-state index in [4.69, 9.17) is 34.8 Å². The number of hydrogen-bond acceptors (Lipinski definition) is 1. The van der Waals surface area contributed by atoms with E-state index in [1.165, 1.54) is 25.7 Å². The molecular weight excluding hydrogens is 289 g/mol. The van der Waals surface area contributed by atoms with Crippen LogP contribution in [0.4, 0.5) is 5.69 Å². The van der Waals surface area contributed by atoms with Crippen LogP contribution in [0.2, 0.25) is 15.1 Å². The van der Waals surface area contributed by atoms with Crippen LogP contribution in [0.5, 0.6) is 0 Å². The van der Waals surface area contributed by atoms with Crippen LogP contribution in [-0.4, -0.2) is 6.54 Å². The van der Waals surface area contributed by atoms with E-state index in [1.807, 2.05) is 6.07 Å². The molecule has 0 spiro atoms. The summed E-state index contributed by atoms with van der Waals surface area (Å²) in [5.41, 5.74) is 0.897. The van der Waals surface area contributed by atoms with Crippen LogP contribution in [-0.2, 0) is 0 Å². The van der Waals surface area contributed by atoms with Gasteiger partial charge in [0.2, 0.25) is 0 Å². The van der Waals surface area contributed by atoms with Crippen LogP contribution in [0.1, 0.15) is 25.7 Å². The van der Waals surface area contributed by atoms with Crippen molar-refractivity contribution in [2.45, 2.75) is 25.7 Å². The van der Waals surface area contributed by atoms with Crippen molar-refractivity contribution in [2.75, 3.05) is 11.9 Å². The molecule has 18 heavy (non-hydrogen) atoms. The molecule has 2 aliphatic rings. The Hall–Kier alpha value is -0.110. The predicted octanol–water partition coefficient (Wildman–Crippen LogP) is 5.49. The van der Waals surface area contributed by atoms with Crippen LogP contribution in [0, 0.1) is 17.8 Å². The van der Waals surface area contributed by atoms with Crippen molar-refractivity contribution in [1.82, 2.24) is 0 Å². The third-order valence-electron chi connectivity index (χ3n) is 4.45. The molecule has 1 nitrogen and oxygen atoms in total. The van der Waals surface area contributed by atoms with Gasteiger partial charge in [0, 0.05) is 6.54 Å². The Morgan fingerprint density at radius 3 is 2.44 bits per heavy atom. The molecule has 1 aromatic rings. The van der Waals surface area contributed by atoms with Gasteiger partial charge in [-0.05, 0) is 49.1 Å². The highest BCUT2D eigenvalue weighted by molar-refractivity contribution is 6.44. The first-order valence-corrected chi connectivity index (χ1v) is 7.65. The van der Waals surface area contributed by atoms with E-state index in [1.54, 1.807) is 6.07 Å². The Kier molecular flexibility index (Phi) is 3.66. The van der Waals surface area contributed by atoms with Gasteiger partial charge in [-0.2, -0.15) is 0 Å². The van der Waals surface area contributed by atoms with Crippen molar-refractivity contribution in [2.24, 2.45) is 17.8 Å². The van der Waals surface area contributed by atoms with Gasteiger partial charge in [-0.3, -0.25) is 0 Å². The first-order valence-electron chi connectivity index (χ1n) is 6.52. The van der Waals surface area contributed by atoms with Crippen molar-refractivity contribution < 1.29 is 0 Å². The van der Waals surface area contributed by atoms with Crippen LogP contribution >= 0.6 is 34.8 Å². The van der Waals surface area contributed by atoms with Gasteiger partial charge in [0.25, 0.3) is 0 Å². The second-order valence-corrected chi connectivity index (χ2v) is 6.78. The lowest BCUT2D eigenvalue weighted by Crippen LogP contribution is -2.20. The SMILES string of the molecule is Clc1cc(Cl)c(NCC2CC3CCC2C3)cc1Cl. The van der Waals surface area contributed by atoms with E-state index in [2.05, 4.69) is 5.32 Å². The van der Waals surface area contributed by atoms with Crippen molar-refractivity contribution in [1.29, 1.82) is 0 Å². The lowest BCUT2D eigenvalue weighted by Gasteiger charge is -2.22. The van der Waals surface area contributed by atoms with E-state index in [9.17, 15) is 0 Å². The molecular formula is C14H16Cl3N. The smallest absolute Gasteiger partial charge is 0.0653 e. The summed E-state index contributed by atoms with van der Waals surface area (Å²) in [5.74, 6) is 2.70. The van der Waals surface area contributed by atoms with Crippen molar-refractivity contribution in [3.8, 4) is 0 Å². The monoisotopic (exact) mass is 303 g/mol. The quantitative estimate of drug-likeness (QED) is 0.728. The summed E-state index contributed by atoms with van der Waals surface area (Å²) in [6.07, 6.45) is 5.65. The number of rotatable bonds is 3. The molecule has 0 aliphatic heterocycles. The molecule has 3 rings (SSSR count). The normalized spacial score (nSPS) is 29.8. The fourth-order valence-electron chi connectivity index (χ4n) is 3.53. The molecule has 3 atom stereocenters. The molecule has 2 bridgehead atoms. The Morgan fingerprint density at radius 1 is 1.00 bits per heavy atom. The van der Waals surface area contributed by atoms with Crippen molar-refractivity contribution in [3.63, 3.8) is 0 Å². The van der Waals surface area contributed by atoms with Gasteiger partial charge in [-0.15, -0.1) is 0 Å². The van der Waals surface area contributed by atoms with E-state index in [0.717, 1.165) is 30.0 Å². The maximum absolute atomic E-state index is 6.16. The van der Waals surface area contributed by atoms with Crippen LogP contribution in [0.25, 0.3) is 0 Å². The summed E-state index contributed by atoms with van der Waals surface area (Å²) in [7, 11) is 0. The molecule has 0 radical (unpaired) electrons. The number of anilines is 1. The minimum atomic E-state index is 0.507. The molecule has 1 aromatic carbocycles. The molecule has 0 heterocycles. The molecule has 0 amide bonds. The summed E-state index contributed by atoms with van der Waals surface area (Å²) < 4.78 is 0. The molecule has 0 aromatic heterocycles. The second-order valence-electron chi connectivity index (χ2n) is 5.56. The van der Waals surface area contributed by atoms with E-state index < -0.39 is 0 Å². The van der Waals surface area contributed by atoms with Gasteiger partial charge in [0.15, 0.2) is 0 Å². The second kappa shape index (κ2) is 5.11. The molecule has 4 heteroatoms. The van der Waals surface area contributed by atoms with E-state index in [-0.39, 0.29) is 0 Å². The van der Waals surface area contributed by atoms with Gasteiger partial charge in [-0.25, -0.2) is 0 Å². The zero-order chi connectivity index (χ0) is 12.7. The standard InChI is InChI=1S/C14H16Cl3N/c15-11-5-13(17)14(6-12(11)16)18-7-10-4-8-1-2-9(10)3-8/h5-6,8-10,18H,1-4,7H2. The molecule has 98 valence electrons. The molecule has 1 N–H and O–H groups in total. The van der Waals surface area contributed by atoms with Gasteiger partial charge in [0.1, 0.15) is 0 Å². The molecule has 3 unspecified atom stereocenters. The number of fused-ring (bicyclic) bond motifs is 2. The molecule has 0 saturated heterocycles. The van der Waals surface area contributed by atoms with Crippen LogP contribution in [0.3, 0.4) is 0 Å². The number of nitrogens with one attached hydrogen (secondary N) is 1. The van der Waals surface area contributed by atoms with Crippen LogP contribution in [0.15, 0.2) is 12.1 Å². The zero-order valence-electron chi connectivity index (χ0n) is 10.1. The van der Waals surface area contributed by atoms with Crippen molar-refractivity contribution in [3.05, 3.63) is 27.2 Å². The third-order valence-corrected chi connectivity index (χ3v) is 5.48. The third kappa shape index (κ3) is 2.45. The lowest BCUT2D eigenvalue weighted by molar-refractivity contribution is 0.348. The molecule has 2 aliphatic carbocycles. The summed E-state index contributed by atoms with van der Waals surface area (Å²) in [5, 5.41) is 5.14. The van der Waals surface area contributed by atoms with Crippen molar-refractivity contribution >= 4 is 40.5 Å². The highest BCUT2D eigenvalue weighted by Crippen LogP contribution is 2.48. The Bertz CT molecular complexity index is 461. The summed E-state index contributed by atoms with van der Waals surface area (Å²) in [6, 6.07) is 3.52. The summed E-state index contributed by atoms with van der Waals surface area (Å²) in [6.45, 7) is 0.999. The summed E-state index contributed by atoms with van der Waals surface area (Å²) in [4.78, 5) is 0. The molecule has 2 fully saturated rings. The highest BCUT2D eigenvalue weighted by Gasteiger charge is 2.39. The summed E-state index contributed by atoms with van der Waals surface area (Å²) >= 11 is 18.1. The average molecular weight is 305 g/mol. The Morgan fingerprint density at radius 2 is 1.78 bits per heavy atom. The highest BCUT2D eigenvalue weighted by atomic mass is 35.5. The Labute approximate surface area is 123 Å². The van der Waals surface area contributed by atoms with Gasteiger partial charge < -0.3 is 5.32 Å². The largest absolute Gasteiger partial charge is 0.384 e.